The van der Waals surface area contributed by atoms with E-state index in [9.17, 15) is 45.6 Å². The summed E-state index contributed by atoms with van der Waals surface area (Å²) in [6, 6.07) is 0. The van der Waals surface area contributed by atoms with Crippen LogP contribution in [0.4, 0.5) is 0 Å². The van der Waals surface area contributed by atoms with Gasteiger partial charge >= 0.3 is 5.97 Å². The quantitative estimate of drug-likeness (QED) is 0.140. The molecule has 0 aromatic rings. The lowest BCUT2D eigenvalue weighted by Gasteiger charge is -2.68. The van der Waals surface area contributed by atoms with Gasteiger partial charge in [-0.05, 0) is 56.4 Å². The third kappa shape index (κ3) is 3.99. The second kappa shape index (κ2) is 9.91. The smallest absolute Gasteiger partial charge is 0.331 e. The highest BCUT2D eigenvalue weighted by molar-refractivity contribution is 5.85. The Morgan fingerprint density at radius 3 is 2.41 bits per heavy atom. The molecule has 0 aromatic heterocycles. The molecule has 2 unspecified atom stereocenters. The molecule has 0 radical (unpaired) electrons. The van der Waals surface area contributed by atoms with Crippen LogP contribution in [0.25, 0.3) is 0 Å². The van der Waals surface area contributed by atoms with Crippen LogP contribution in [0.3, 0.4) is 0 Å². The largest absolute Gasteiger partial charge is 0.458 e. The highest BCUT2D eigenvalue weighted by Gasteiger charge is 2.75. The molecule has 8 N–H and O–H groups in total. The van der Waals surface area contributed by atoms with Gasteiger partial charge < -0.3 is 55.1 Å². The number of esters is 1. The molecule has 5 fully saturated rings. The summed E-state index contributed by atoms with van der Waals surface area (Å²) in [6.07, 6.45) is -6.68. The van der Waals surface area contributed by atoms with Crippen molar-refractivity contribution in [2.24, 2.45) is 28.6 Å². The van der Waals surface area contributed by atoms with E-state index >= 15 is 0 Å². The van der Waals surface area contributed by atoms with E-state index in [0.717, 1.165) is 5.57 Å². The molecule has 0 spiro atoms. The van der Waals surface area contributed by atoms with E-state index in [1.165, 1.54) is 13.0 Å². The second-order valence-corrected chi connectivity index (χ2v) is 13.8. The number of ether oxygens (including phenoxy) is 3. The van der Waals surface area contributed by atoms with Gasteiger partial charge in [0.2, 0.25) is 0 Å². The molecule has 6 aliphatic rings. The zero-order valence-corrected chi connectivity index (χ0v) is 23.5. The number of hydrogen-bond donors (Lipinski definition) is 8. The molecule has 12 heteroatoms. The number of hydrogen-bond acceptors (Lipinski definition) is 12. The van der Waals surface area contributed by atoms with Gasteiger partial charge in [0.15, 0.2) is 6.29 Å². The molecule has 0 amide bonds. The van der Waals surface area contributed by atoms with Crippen LogP contribution in [0.5, 0.6) is 0 Å². The fourth-order valence-electron chi connectivity index (χ4n) is 10.1. The Hall–Kier alpha value is -1.19. The first-order valence-electron chi connectivity index (χ1n) is 14.9. The van der Waals surface area contributed by atoms with Crippen molar-refractivity contribution >= 4 is 5.97 Å². The summed E-state index contributed by atoms with van der Waals surface area (Å²) in [5, 5.41) is 89.6. The monoisotopic (exact) mass is 584 g/mol. The lowest BCUT2D eigenvalue weighted by molar-refractivity contribution is -0.342. The van der Waals surface area contributed by atoms with Gasteiger partial charge in [-0.3, -0.25) is 0 Å². The van der Waals surface area contributed by atoms with E-state index in [1.807, 2.05) is 6.92 Å². The van der Waals surface area contributed by atoms with E-state index in [2.05, 4.69) is 0 Å². The molecular weight excluding hydrogens is 540 g/mol. The molecule has 0 bridgehead atoms. The standard InChI is InChI=1S/C29H44O12/c1-13-22(34)23(35)24(36)25(40-13)41-15-8-19(32)28(12-30)21-17(3-5-27(28,37)9-15)29(38)6-4-16(14-7-20(33)39-11-14)26(29,2)10-18(21)31/h7,13,15-19,21-25,30-32,34-38H,3-6,8-12H2,1-2H3/t13-,15-,16+,17+,18+,19+,21+,22-,23?,24?,25-,26+,27-,28+,29-/m0/s1. The summed E-state index contributed by atoms with van der Waals surface area (Å²) < 4.78 is 16.7. The highest BCUT2D eigenvalue weighted by Crippen LogP contribution is 2.70. The Balaban J connectivity index is 1.28. The van der Waals surface area contributed by atoms with Crippen LogP contribution in [0.2, 0.25) is 0 Å². The Kier molecular flexibility index (Phi) is 7.22. The number of aliphatic hydroxyl groups is 8. The second-order valence-electron chi connectivity index (χ2n) is 13.8. The van der Waals surface area contributed by atoms with Crippen molar-refractivity contribution in [3.05, 3.63) is 11.6 Å². The molecule has 41 heavy (non-hydrogen) atoms. The van der Waals surface area contributed by atoms with Gasteiger partial charge in [-0.1, -0.05) is 6.92 Å². The van der Waals surface area contributed by atoms with Crippen molar-refractivity contribution in [3.8, 4) is 0 Å². The molecule has 12 nitrogen and oxygen atoms in total. The van der Waals surface area contributed by atoms with Gasteiger partial charge in [-0.25, -0.2) is 4.79 Å². The van der Waals surface area contributed by atoms with Gasteiger partial charge in [0.05, 0.1) is 47.6 Å². The predicted octanol–water partition coefficient (Wildman–Crippen LogP) is -1.51. The summed E-state index contributed by atoms with van der Waals surface area (Å²) in [7, 11) is 0. The van der Waals surface area contributed by atoms with E-state index < -0.39 is 95.5 Å². The first kappa shape index (κ1) is 29.9. The molecule has 6 rings (SSSR count). The molecule has 2 heterocycles. The normalized spacial score (nSPS) is 56.9. The molecule has 15 atom stereocenters. The lowest BCUT2D eigenvalue weighted by atomic mass is 9.40. The molecular formula is C29H44O12. The Morgan fingerprint density at radius 1 is 1.02 bits per heavy atom. The van der Waals surface area contributed by atoms with Crippen molar-refractivity contribution in [1.29, 1.82) is 0 Å². The molecule has 4 saturated carbocycles. The van der Waals surface area contributed by atoms with Gasteiger partial charge in [0.1, 0.15) is 24.9 Å². The SMILES string of the molecule is C[C@@H]1O[C@@H](O[C@H]2C[C@@H](O)[C@]3(CO)[C@H]4[C@H](O)C[C@]5(C)[C@@H](C6=CC(=O)OC6)CC[C@]5(O)[C@@H]4CC[C@]3(O)C2)C(O)C(O)[C@H]1O. The minimum Gasteiger partial charge on any atom is -0.458 e. The van der Waals surface area contributed by atoms with Crippen molar-refractivity contribution in [1.82, 2.24) is 0 Å². The van der Waals surface area contributed by atoms with Crippen LogP contribution in [0.1, 0.15) is 58.8 Å². The van der Waals surface area contributed by atoms with Crippen molar-refractivity contribution in [2.75, 3.05) is 13.2 Å². The number of aliphatic hydroxyl groups excluding tert-OH is 6. The number of cyclic esters (lactones) is 1. The van der Waals surface area contributed by atoms with E-state index in [0.29, 0.717) is 19.3 Å². The molecule has 2 aliphatic heterocycles. The minimum absolute atomic E-state index is 0.0369. The van der Waals surface area contributed by atoms with Crippen LogP contribution in [0.15, 0.2) is 11.6 Å². The third-order valence-corrected chi connectivity index (χ3v) is 12.2. The number of carbonyl (C=O) groups is 1. The summed E-state index contributed by atoms with van der Waals surface area (Å²) in [6.45, 7) is 3.00. The number of rotatable bonds is 4. The highest BCUT2D eigenvalue weighted by atomic mass is 16.7. The minimum atomic E-state index is -1.67. The van der Waals surface area contributed by atoms with Gasteiger partial charge in [-0.2, -0.15) is 0 Å². The fourth-order valence-corrected chi connectivity index (χ4v) is 10.1. The molecule has 4 aliphatic carbocycles. The average molecular weight is 585 g/mol. The van der Waals surface area contributed by atoms with Crippen LogP contribution in [-0.2, 0) is 19.0 Å². The van der Waals surface area contributed by atoms with Gasteiger partial charge in [0, 0.05) is 30.3 Å². The topological polar surface area (TPSA) is 207 Å². The summed E-state index contributed by atoms with van der Waals surface area (Å²) >= 11 is 0. The maximum atomic E-state index is 12.4. The van der Waals surface area contributed by atoms with Crippen molar-refractivity contribution in [3.63, 3.8) is 0 Å². The van der Waals surface area contributed by atoms with Crippen molar-refractivity contribution < 1.29 is 59.9 Å². The van der Waals surface area contributed by atoms with Crippen LogP contribution in [0, 0.1) is 28.6 Å². The number of fused-ring (bicyclic) bond motifs is 5. The zero-order valence-electron chi connectivity index (χ0n) is 23.5. The Morgan fingerprint density at radius 2 is 1.76 bits per heavy atom. The summed E-state index contributed by atoms with van der Waals surface area (Å²) in [4.78, 5) is 11.8. The molecule has 1 saturated heterocycles. The van der Waals surface area contributed by atoms with Crippen LogP contribution < -0.4 is 0 Å². The average Bonchev–Trinajstić information content (AvgIpc) is 3.45. The third-order valence-electron chi connectivity index (χ3n) is 12.2. The zero-order chi connectivity index (χ0) is 29.7. The van der Waals surface area contributed by atoms with Gasteiger partial charge in [-0.15, -0.1) is 0 Å². The molecule has 0 aromatic carbocycles. The van der Waals surface area contributed by atoms with Crippen LogP contribution in [-0.4, -0.2) is 120 Å². The fraction of sp³-hybridized carbons (Fsp3) is 0.897. The predicted molar refractivity (Wildman–Crippen MR) is 139 cm³/mol. The summed E-state index contributed by atoms with van der Waals surface area (Å²) in [5.74, 6) is -1.93. The maximum absolute atomic E-state index is 12.4. The van der Waals surface area contributed by atoms with Crippen LogP contribution >= 0.6 is 0 Å². The maximum Gasteiger partial charge on any atom is 0.331 e. The van der Waals surface area contributed by atoms with Crippen molar-refractivity contribution in [2.45, 2.75) is 119 Å². The molecule has 232 valence electrons. The number of carbonyl (C=O) groups excluding carboxylic acids is 1. The lowest BCUT2D eigenvalue weighted by Crippen LogP contribution is -2.76. The Bertz CT molecular complexity index is 1080. The van der Waals surface area contributed by atoms with E-state index in [-0.39, 0.29) is 38.2 Å². The first-order valence-corrected chi connectivity index (χ1v) is 14.9. The van der Waals surface area contributed by atoms with E-state index in [1.54, 1.807) is 0 Å². The van der Waals surface area contributed by atoms with Gasteiger partial charge in [0.25, 0.3) is 0 Å². The Labute approximate surface area is 238 Å². The summed E-state index contributed by atoms with van der Waals surface area (Å²) in [5.41, 5.74) is -4.46. The van der Waals surface area contributed by atoms with E-state index in [4.69, 9.17) is 14.2 Å². The first-order chi connectivity index (χ1) is 19.2.